The number of carbonyl (C=O) groups is 2. The van der Waals surface area contributed by atoms with Crippen molar-refractivity contribution >= 4 is 23.6 Å². The van der Waals surface area contributed by atoms with Crippen LogP contribution in [0.25, 0.3) is 6.08 Å². The second kappa shape index (κ2) is 7.78. The Morgan fingerprint density at radius 2 is 1.82 bits per heavy atom. The molecule has 22 heavy (non-hydrogen) atoms. The van der Waals surface area contributed by atoms with Gasteiger partial charge < -0.3 is 10.6 Å². The van der Waals surface area contributed by atoms with E-state index in [9.17, 15) is 9.59 Å². The summed E-state index contributed by atoms with van der Waals surface area (Å²) >= 11 is 0. The number of hydrogen-bond acceptors (Lipinski definition) is 2. The molecule has 0 aliphatic heterocycles. The molecule has 0 fully saturated rings. The lowest BCUT2D eigenvalue weighted by Gasteiger charge is -2.06. The number of hydrogen-bond donors (Lipinski definition) is 2. The van der Waals surface area contributed by atoms with E-state index in [1.165, 1.54) is 13.0 Å². The van der Waals surface area contributed by atoms with Crippen LogP contribution in [-0.2, 0) is 16.1 Å². The molecule has 0 aliphatic carbocycles. The van der Waals surface area contributed by atoms with E-state index < -0.39 is 0 Å². The fraction of sp³-hybridized carbons (Fsp3) is 0.111. The average Bonchev–Trinajstić information content (AvgIpc) is 2.52. The Morgan fingerprint density at radius 3 is 2.55 bits per heavy atom. The maximum Gasteiger partial charge on any atom is 0.244 e. The summed E-state index contributed by atoms with van der Waals surface area (Å²) in [4.78, 5) is 22.8. The number of benzene rings is 2. The van der Waals surface area contributed by atoms with Gasteiger partial charge in [0.15, 0.2) is 0 Å². The lowest BCUT2D eigenvalue weighted by molar-refractivity contribution is -0.116. The maximum atomic E-state index is 11.8. The Hall–Kier alpha value is -2.88. The highest BCUT2D eigenvalue weighted by molar-refractivity contribution is 5.91. The quantitative estimate of drug-likeness (QED) is 0.833. The molecule has 0 heterocycles. The monoisotopic (exact) mass is 294 g/mol. The SMILES string of the molecule is CC(=O)Nc1cccc(CNC(=O)C=Cc2ccccc2)c1. The maximum absolute atomic E-state index is 11.8. The number of nitrogens with one attached hydrogen (secondary N) is 2. The van der Waals surface area contributed by atoms with Crippen molar-refractivity contribution in [2.24, 2.45) is 0 Å². The second-order valence-corrected chi connectivity index (χ2v) is 4.84. The molecule has 0 bridgehead atoms. The van der Waals surface area contributed by atoms with Crippen LogP contribution in [0.3, 0.4) is 0 Å². The van der Waals surface area contributed by atoms with Crippen LogP contribution in [0, 0.1) is 0 Å². The molecule has 2 aromatic rings. The summed E-state index contributed by atoms with van der Waals surface area (Å²) in [6, 6.07) is 17.0. The molecule has 0 aromatic heterocycles. The number of amides is 2. The van der Waals surface area contributed by atoms with Crippen LogP contribution in [0.4, 0.5) is 5.69 Å². The van der Waals surface area contributed by atoms with Crippen molar-refractivity contribution < 1.29 is 9.59 Å². The predicted octanol–water partition coefficient (Wildman–Crippen LogP) is 2.97. The van der Waals surface area contributed by atoms with Gasteiger partial charge in [-0.1, -0.05) is 42.5 Å². The highest BCUT2D eigenvalue weighted by atomic mass is 16.2. The van der Waals surface area contributed by atoms with Gasteiger partial charge >= 0.3 is 0 Å². The molecule has 0 saturated carbocycles. The van der Waals surface area contributed by atoms with Crippen LogP contribution in [0.15, 0.2) is 60.7 Å². The zero-order valence-corrected chi connectivity index (χ0v) is 12.4. The van der Waals surface area contributed by atoms with E-state index in [4.69, 9.17) is 0 Å². The molecule has 112 valence electrons. The highest BCUT2D eigenvalue weighted by Gasteiger charge is 2.00. The minimum absolute atomic E-state index is 0.119. The summed E-state index contributed by atoms with van der Waals surface area (Å²) in [7, 11) is 0. The lowest BCUT2D eigenvalue weighted by atomic mass is 10.2. The van der Waals surface area contributed by atoms with Crippen LogP contribution in [-0.4, -0.2) is 11.8 Å². The number of rotatable bonds is 5. The van der Waals surface area contributed by atoms with Gasteiger partial charge in [-0.05, 0) is 29.3 Å². The van der Waals surface area contributed by atoms with E-state index in [-0.39, 0.29) is 11.8 Å². The van der Waals surface area contributed by atoms with Gasteiger partial charge in [-0.3, -0.25) is 9.59 Å². The molecule has 0 aliphatic rings. The van der Waals surface area contributed by atoms with E-state index in [1.54, 1.807) is 6.08 Å². The van der Waals surface area contributed by atoms with E-state index in [2.05, 4.69) is 10.6 Å². The molecule has 2 rings (SSSR count). The molecule has 0 radical (unpaired) electrons. The van der Waals surface area contributed by atoms with Crippen molar-refractivity contribution in [3.63, 3.8) is 0 Å². The van der Waals surface area contributed by atoms with Gasteiger partial charge in [0.05, 0.1) is 0 Å². The Morgan fingerprint density at radius 1 is 1.05 bits per heavy atom. The molecule has 2 N–H and O–H groups in total. The number of carbonyl (C=O) groups excluding carboxylic acids is 2. The molecule has 0 unspecified atom stereocenters. The normalized spacial score (nSPS) is 10.4. The van der Waals surface area contributed by atoms with Crippen LogP contribution in [0.1, 0.15) is 18.1 Å². The van der Waals surface area contributed by atoms with Crippen LogP contribution in [0.2, 0.25) is 0 Å². The topological polar surface area (TPSA) is 58.2 Å². The van der Waals surface area contributed by atoms with Crippen molar-refractivity contribution in [3.05, 3.63) is 71.8 Å². The van der Waals surface area contributed by atoms with E-state index in [0.29, 0.717) is 6.54 Å². The van der Waals surface area contributed by atoms with Gasteiger partial charge in [0, 0.05) is 25.2 Å². The molecule has 0 atom stereocenters. The summed E-state index contributed by atoms with van der Waals surface area (Å²) in [5.74, 6) is -0.277. The molecule has 4 nitrogen and oxygen atoms in total. The van der Waals surface area contributed by atoms with Crippen molar-refractivity contribution in [1.29, 1.82) is 0 Å². The third-order valence-corrected chi connectivity index (χ3v) is 2.94. The first-order chi connectivity index (χ1) is 10.6. The molecule has 2 amide bonds. The van der Waals surface area contributed by atoms with Crippen LogP contribution < -0.4 is 10.6 Å². The molecular weight excluding hydrogens is 276 g/mol. The third-order valence-electron chi connectivity index (χ3n) is 2.94. The standard InChI is InChI=1S/C18H18N2O2/c1-14(21)20-17-9-5-8-16(12-17)13-19-18(22)11-10-15-6-3-2-4-7-15/h2-12H,13H2,1H3,(H,19,22)(H,20,21). The van der Waals surface area contributed by atoms with Gasteiger partial charge in [0.25, 0.3) is 0 Å². The minimum Gasteiger partial charge on any atom is -0.348 e. The Bertz CT molecular complexity index is 678. The van der Waals surface area contributed by atoms with Gasteiger partial charge in [-0.2, -0.15) is 0 Å². The number of anilines is 1. The molecular formula is C18H18N2O2. The fourth-order valence-corrected chi connectivity index (χ4v) is 1.95. The van der Waals surface area contributed by atoms with Crippen molar-refractivity contribution in [1.82, 2.24) is 5.32 Å². The first-order valence-electron chi connectivity index (χ1n) is 7.01. The second-order valence-electron chi connectivity index (χ2n) is 4.84. The van der Waals surface area contributed by atoms with Crippen LogP contribution >= 0.6 is 0 Å². The van der Waals surface area contributed by atoms with E-state index >= 15 is 0 Å². The Kier molecular flexibility index (Phi) is 5.49. The fourth-order valence-electron chi connectivity index (χ4n) is 1.95. The summed E-state index contributed by atoms with van der Waals surface area (Å²) in [6.45, 7) is 1.87. The van der Waals surface area contributed by atoms with Crippen LogP contribution in [0.5, 0.6) is 0 Å². The zero-order valence-electron chi connectivity index (χ0n) is 12.4. The molecule has 2 aromatic carbocycles. The zero-order chi connectivity index (χ0) is 15.8. The molecule has 4 heteroatoms. The Balaban J connectivity index is 1.88. The van der Waals surface area contributed by atoms with Gasteiger partial charge in [-0.25, -0.2) is 0 Å². The van der Waals surface area contributed by atoms with Gasteiger partial charge in [-0.15, -0.1) is 0 Å². The predicted molar refractivity (Wildman–Crippen MR) is 88.1 cm³/mol. The first kappa shape index (κ1) is 15.5. The van der Waals surface area contributed by atoms with Crippen molar-refractivity contribution in [2.75, 3.05) is 5.32 Å². The van der Waals surface area contributed by atoms with Crippen molar-refractivity contribution in [2.45, 2.75) is 13.5 Å². The third kappa shape index (κ3) is 5.25. The van der Waals surface area contributed by atoms with E-state index in [0.717, 1.165) is 16.8 Å². The highest BCUT2D eigenvalue weighted by Crippen LogP contribution is 2.10. The van der Waals surface area contributed by atoms with E-state index in [1.807, 2.05) is 54.6 Å². The Labute approximate surface area is 129 Å². The minimum atomic E-state index is -0.159. The summed E-state index contributed by atoms with van der Waals surface area (Å²) in [5, 5.41) is 5.53. The lowest BCUT2D eigenvalue weighted by Crippen LogP contribution is -2.20. The summed E-state index contributed by atoms with van der Waals surface area (Å²) in [6.07, 6.45) is 3.27. The summed E-state index contributed by atoms with van der Waals surface area (Å²) < 4.78 is 0. The molecule has 0 saturated heterocycles. The van der Waals surface area contributed by atoms with Gasteiger partial charge in [0.1, 0.15) is 0 Å². The molecule has 0 spiro atoms. The first-order valence-corrected chi connectivity index (χ1v) is 7.01. The largest absolute Gasteiger partial charge is 0.348 e. The summed E-state index contributed by atoms with van der Waals surface area (Å²) in [5.41, 5.74) is 2.62. The van der Waals surface area contributed by atoms with Crippen molar-refractivity contribution in [3.8, 4) is 0 Å². The van der Waals surface area contributed by atoms with Gasteiger partial charge in [0.2, 0.25) is 11.8 Å². The smallest absolute Gasteiger partial charge is 0.244 e. The average molecular weight is 294 g/mol.